The number of nitrogens with one attached hydrogen (secondary N) is 1. The number of hydrogen-bond donors (Lipinski definition) is 1. The Morgan fingerprint density at radius 1 is 1.35 bits per heavy atom. The van der Waals surface area contributed by atoms with E-state index in [9.17, 15) is 4.79 Å². The van der Waals surface area contributed by atoms with E-state index in [4.69, 9.17) is 4.98 Å². The van der Waals surface area contributed by atoms with E-state index in [1.807, 2.05) is 24.3 Å². The van der Waals surface area contributed by atoms with Crippen molar-refractivity contribution in [2.75, 3.05) is 19.6 Å². The van der Waals surface area contributed by atoms with E-state index >= 15 is 0 Å². The summed E-state index contributed by atoms with van der Waals surface area (Å²) < 4.78 is 0. The molecular weight excluding hydrogens is 286 g/mol. The van der Waals surface area contributed by atoms with E-state index in [-0.39, 0.29) is 5.91 Å². The predicted octanol–water partition coefficient (Wildman–Crippen LogP) is 3.00. The van der Waals surface area contributed by atoms with Gasteiger partial charge in [-0.25, -0.2) is 0 Å². The number of aromatic nitrogens is 1. The van der Waals surface area contributed by atoms with Crippen molar-refractivity contribution in [3.8, 4) is 0 Å². The van der Waals surface area contributed by atoms with Crippen LogP contribution >= 0.6 is 0 Å². The Morgan fingerprint density at radius 3 is 2.87 bits per heavy atom. The van der Waals surface area contributed by atoms with Crippen molar-refractivity contribution in [1.82, 2.24) is 15.2 Å². The van der Waals surface area contributed by atoms with Crippen LogP contribution in [0.25, 0.3) is 10.9 Å². The molecule has 1 aromatic heterocycles. The zero-order valence-electron chi connectivity index (χ0n) is 14.2. The molecule has 4 heteroatoms. The standard InChI is InChI=1S/C19H25N3O/c1-4-22-10-9-17-15(12-22)18(19(23)20-11-13(2)3)14-7-5-6-8-16(14)21-17/h5-8,13H,4,9-12H2,1-3H3,(H,20,23). The first kappa shape index (κ1) is 15.9. The molecule has 0 spiro atoms. The molecule has 0 atom stereocenters. The van der Waals surface area contributed by atoms with Crippen molar-refractivity contribution < 1.29 is 4.79 Å². The van der Waals surface area contributed by atoms with Crippen molar-refractivity contribution in [2.24, 2.45) is 5.92 Å². The van der Waals surface area contributed by atoms with Gasteiger partial charge in [-0.3, -0.25) is 14.7 Å². The first-order chi connectivity index (χ1) is 11.1. The second-order valence-electron chi connectivity index (χ2n) is 6.65. The van der Waals surface area contributed by atoms with Gasteiger partial charge in [0.1, 0.15) is 0 Å². The third-order valence-electron chi connectivity index (χ3n) is 4.47. The summed E-state index contributed by atoms with van der Waals surface area (Å²) in [6.07, 6.45) is 0.915. The van der Waals surface area contributed by atoms with Crippen molar-refractivity contribution in [2.45, 2.75) is 33.7 Å². The van der Waals surface area contributed by atoms with Crippen LogP contribution in [0, 0.1) is 5.92 Å². The molecule has 0 bridgehead atoms. The number of carbonyl (C=O) groups excluding carboxylic acids is 1. The number of amides is 1. The second kappa shape index (κ2) is 6.67. The van der Waals surface area contributed by atoms with Crippen LogP contribution in [0.15, 0.2) is 24.3 Å². The highest BCUT2D eigenvalue weighted by molar-refractivity contribution is 6.07. The first-order valence-corrected chi connectivity index (χ1v) is 8.51. The van der Waals surface area contributed by atoms with Crippen LogP contribution in [0.2, 0.25) is 0 Å². The molecule has 0 aliphatic carbocycles. The van der Waals surface area contributed by atoms with Gasteiger partial charge in [0, 0.05) is 42.7 Å². The summed E-state index contributed by atoms with van der Waals surface area (Å²) in [5.41, 5.74) is 3.94. The zero-order valence-corrected chi connectivity index (χ0v) is 14.2. The Hall–Kier alpha value is -1.94. The van der Waals surface area contributed by atoms with Gasteiger partial charge >= 0.3 is 0 Å². The fraction of sp³-hybridized carbons (Fsp3) is 0.474. The van der Waals surface area contributed by atoms with Crippen LogP contribution in [0.5, 0.6) is 0 Å². The van der Waals surface area contributed by atoms with Gasteiger partial charge in [0.25, 0.3) is 5.91 Å². The van der Waals surface area contributed by atoms with E-state index in [0.717, 1.165) is 53.8 Å². The number of fused-ring (bicyclic) bond motifs is 2. The molecule has 2 heterocycles. The van der Waals surface area contributed by atoms with Gasteiger partial charge < -0.3 is 5.32 Å². The lowest BCUT2D eigenvalue weighted by atomic mass is 9.95. The van der Waals surface area contributed by atoms with Crippen LogP contribution in [-0.4, -0.2) is 35.4 Å². The number of benzene rings is 1. The fourth-order valence-corrected chi connectivity index (χ4v) is 3.16. The molecule has 1 aliphatic rings. The van der Waals surface area contributed by atoms with E-state index in [2.05, 4.69) is 31.0 Å². The van der Waals surface area contributed by atoms with Gasteiger partial charge in [0.05, 0.1) is 11.1 Å². The maximum absolute atomic E-state index is 12.9. The first-order valence-electron chi connectivity index (χ1n) is 8.51. The molecule has 1 amide bonds. The Labute approximate surface area is 137 Å². The third-order valence-corrected chi connectivity index (χ3v) is 4.47. The Morgan fingerprint density at radius 2 is 2.13 bits per heavy atom. The van der Waals surface area contributed by atoms with Crippen molar-refractivity contribution in [3.63, 3.8) is 0 Å². The maximum atomic E-state index is 12.9. The monoisotopic (exact) mass is 311 g/mol. The van der Waals surface area contributed by atoms with Crippen LogP contribution < -0.4 is 5.32 Å². The van der Waals surface area contributed by atoms with E-state index < -0.39 is 0 Å². The van der Waals surface area contributed by atoms with E-state index in [0.29, 0.717) is 12.5 Å². The highest BCUT2D eigenvalue weighted by Gasteiger charge is 2.25. The molecule has 4 nitrogen and oxygen atoms in total. The van der Waals surface area contributed by atoms with Crippen LogP contribution in [-0.2, 0) is 13.0 Å². The molecule has 3 rings (SSSR count). The molecule has 0 unspecified atom stereocenters. The number of nitrogens with zero attached hydrogens (tertiary/aromatic N) is 2. The summed E-state index contributed by atoms with van der Waals surface area (Å²) in [7, 11) is 0. The molecule has 23 heavy (non-hydrogen) atoms. The number of para-hydroxylation sites is 1. The van der Waals surface area contributed by atoms with E-state index in [1.54, 1.807) is 0 Å². The van der Waals surface area contributed by atoms with Crippen molar-refractivity contribution >= 4 is 16.8 Å². The molecule has 122 valence electrons. The highest BCUT2D eigenvalue weighted by Crippen LogP contribution is 2.28. The van der Waals surface area contributed by atoms with Gasteiger partial charge in [-0.15, -0.1) is 0 Å². The number of hydrogen-bond acceptors (Lipinski definition) is 3. The average Bonchev–Trinajstić information content (AvgIpc) is 2.57. The molecule has 1 aliphatic heterocycles. The molecular formula is C19H25N3O. The number of likely N-dealkylation sites (N-methyl/N-ethyl adjacent to an activating group) is 1. The average molecular weight is 311 g/mol. The second-order valence-corrected chi connectivity index (χ2v) is 6.65. The van der Waals surface area contributed by atoms with Gasteiger partial charge in [0.15, 0.2) is 0 Å². The topological polar surface area (TPSA) is 45.2 Å². The minimum absolute atomic E-state index is 0.0338. The fourth-order valence-electron chi connectivity index (χ4n) is 3.16. The summed E-state index contributed by atoms with van der Waals surface area (Å²) >= 11 is 0. The number of pyridine rings is 1. The van der Waals surface area contributed by atoms with Gasteiger partial charge in [-0.1, -0.05) is 39.0 Å². The Balaban J connectivity index is 2.10. The van der Waals surface area contributed by atoms with Gasteiger partial charge in [-0.05, 0) is 18.5 Å². The van der Waals surface area contributed by atoms with Crippen molar-refractivity contribution in [3.05, 3.63) is 41.1 Å². The zero-order chi connectivity index (χ0) is 16.4. The lowest BCUT2D eigenvalue weighted by Crippen LogP contribution is -2.35. The third kappa shape index (κ3) is 3.22. The predicted molar refractivity (Wildman–Crippen MR) is 93.6 cm³/mol. The summed E-state index contributed by atoms with van der Waals surface area (Å²) in [5.74, 6) is 0.474. The Bertz CT molecular complexity index is 724. The number of carbonyl (C=O) groups is 1. The summed E-state index contributed by atoms with van der Waals surface area (Å²) in [6, 6.07) is 7.98. The SMILES string of the molecule is CCN1CCc2nc3ccccc3c(C(=O)NCC(C)C)c2C1. The lowest BCUT2D eigenvalue weighted by molar-refractivity contribution is 0.0947. The molecule has 0 radical (unpaired) electrons. The van der Waals surface area contributed by atoms with Gasteiger partial charge in [0.2, 0.25) is 0 Å². The minimum Gasteiger partial charge on any atom is -0.352 e. The van der Waals surface area contributed by atoms with Gasteiger partial charge in [-0.2, -0.15) is 0 Å². The lowest BCUT2D eigenvalue weighted by Gasteiger charge is -2.29. The van der Waals surface area contributed by atoms with Crippen LogP contribution in [0.1, 0.15) is 42.4 Å². The molecule has 1 N–H and O–H groups in total. The normalized spacial score (nSPS) is 15.0. The van der Waals surface area contributed by atoms with Crippen molar-refractivity contribution in [1.29, 1.82) is 0 Å². The largest absolute Gasteiger partial charge is 0.352 e. The molecule has 0 saturated heterocycles. The summed E-state index contributed by atoms with van der Waals surface area (Å²) in [4.78, 5) is 20.1. The summed E-state index contributed by atoms with van der Waals surface area (Å²) in [6.45, 7) is 9.91. The molecule has 0 saturated carbocycles. The van der Waals surface area contributed by atoms with Crippen LogP contribution in [0.4, 0.5) is 0 Å². The molecule has 0 fully saturated rings. The highest BCUT2D eigenvalue weighted by atomic mass is 16.1. The maximum Gasteiger partial charge on any atom is 0.252 e. The Kier molecular flexibility index (Phi) is 4.62. The molecule has 1 aromatic carbocycles. The number of rotatable bonds is 4. The quantitative estimate of drug-likeness (QED) is 0.944. The minimum atomic E-state index is 0.0338. The molecule has 2 aromatic rings. The van der Waals surface area contributed by atoms with E-state index in [1.165, 1.54) is 0 Å². The van der Waals surface area contributed by atoms with Crippen LogP contribution in [0.3, 0.4) is 0 Å². The smallest absolute Gasteiger partial charge is 0.252 e. The summed E-state index contributed by atoms with van der Waals surface area (Å²) in [5, 5.41) is 4.05.